The first-order valence-electron chi connectivity index (χ1n) is 4.34. The van der Waals surface area contributed by atoms with Crippen LogP contribution in [0.5, 0.6) is 0 Å². The van der Waals surface area contributed by atoms with E-state index in [4.69, 9.17) is 0 Å². The zero-order valence-electron chi connectivity index (χ0n) is 8.46. The predicted molar refractivity (Wildman–Crippen MR) is 51.4 cm³/mol. The second-order valence-corrected chi connectivity index (χ2v) is 3.05. The molecule has 2 aromatic rings. The number of hydrogen-bond donors (Lipinski definition) is 0. The molecule has 0 aliphatic carbocycles. The average molecular weight is 244 g/mol. The van der Waals surface area contributed by atoms with Gasteiger partial charge in [0.2, 0.25) is 0 Å². The van der Waals surface area contributed by atoms with Gasteiger partial charge in [0, 0.05) is 0 Å². The maximum Gasteiger partial charge on any atom is 1.00 e. The first-order valence-corrected chi connectivity index (χ1v) is 4.34. The third kappa shape index (κ3) is 2.15. The van der Waals surface area contributed by atoms with Crippen molar-refractivity contribution in [1.29, 1.82) is 0 Å². The molecule has 62 valence electrons. The SMILES string of the molecule is CCc1[n-]c2ccccc2c1C.[Rb+]. The van der Waals surface area contributed by atoms with Gasteiger partial charge in [-0.1, -0.05) is 43.2 Å². The second-order valence-electron chi connectivity index (χ2n) is 3.05. The number of hydrogen-bond acceptors (Lipinski definition) is 0. The van der Waals surface area contributed by atoms with Crippen LogP contribution in [0.1, 0.15) is 18.2 Å². The van der Waals surface area contributed by atoms with E-state index < -0.39 is 0 Å². The van der Waals surface area contributed by atoms with Crippen LogP contribution in [0.2, 0.25) is 0 Å². The van der Waals surface area contributed by atoms with Gasteiger partial charge in [-0.15, -0.1) is 5.52 Å². The van der Waals surface area contributed by atoms with Gasteiger partial charge in [0.25, 0.3) is 0 Å². The van der Waals surface area contributed by atoms with E-state index in [2.05, 4.69) is 37.0 Å². The van der Waals surface area contributed by atoms with Crippen LogP contribution in [0.25, 0.3) is 10.9 Å². The van der Waals surface area contributed by atoms with E-state index in [0.29, 0.717) is 0 Å². The van der Waals surface area contributed by atoms with Gasteiger partial charge < -0.3 is 4.98 Å². The molecular weight excluding hydrogens is 232 g/mol. The summed E-state index contributed by atoms with van der Waals surface area (Å²) in [6.07, 6.45) is 1.03. The van der Waals surface area contributed by atoms with E-state index in [-0.39, 0.29) is 58.2 Å². The summed E-state index contributed by atoms with van der Waals surface area (Å²) < 4.78 is 0. The molecule has 0 atom stereocenters. The Morgan fingerprint density at radius 1 is 1.23 bits per heavy atom. The summed E-state index contributed by atoms with van der Waals surface area (Å²) in [6, 6.07) is 8.31. The van der Waals surface area contributed by atoms with Crippen LogP contribution in [0.3, 0.4) is 0 Å². The number of aromatic nitrogens is 1. The molecule has 1 aromatic carbocycles. The van der Waals surface area contributed by atoms with Gasteiger partial charge in [-0.2, -0.15) is 5.69 Å². The zero-order valence-corrected chi connectivity index (χ0v) is 13.4. The molecule has 0 aliphatic heterocycles. The number of para-hydroxylation sites is 1. The summed E-state index contributed by atoms with van der Waals surface area (Å²) in [5, 5.41) is 1.30. The Morgan fingerprint density at radius 3 is 2.54 bits per heavy atom. The summed E-state index contributed by atoms with van der Waals surface area (Å²) in [6.45, 7) is 4.29. The van der Waals surface area contributed by atoms with E-state index in [9.17, 15) is 0 Å². The molecule has 0 spiro atoms. The fourth-order valence-corrected chi connectivity index (χ4v) is 1.62. The molecule has 2 rings (SSSR count). The van der Waals surface area contributed by atoms with Crippen molar-refractivity contribution in [3.05, 3.63) is 35.5 Å². The van der Waals surface area contributed by atoms with Crippen molar-refractivity contribution in [1.82, 2.24) is 4.98 Å². The van der Waals surface area contributed by atoms with Crippen molar-refractivity contribution in [2.24, 2.45) is 0 Å². The molecule has 0 N–H and O–H groups in total. The molecule has 0 radical (unpaired) electrons. The first kappa shape index (κ1) is 11.6. The van der Waals surface area contributed by atoms with E-state index in [1.54, 1.807) is 0 Å². The number of aryl methyl sites for hydroxylation is 2. The van der Waals surface area contributed by atoms with Gasteiger partial charge in [-0.25, -0.2) is 0 Å². The van der Waals surface area contributed by atoms with Gasteiger partial charge in [0.15, 0.2) is 0 Å². The maximum atomic E-state index is 4.53. The Bertz CT molecular complexity index is 403. The van der Waals surface area contributed by atoms with Crippen LogP contribution in [-0.4, -0.2) is 0 Å². The summed E-state index contributed by atoms with van der Waals surface area (Å²) in [7, 11) is 0. The average Bonchev–Trinajstić information content (AvgIpc) is 2.44. The third-order valence-corrected chi connectivity index (χ3v) is 2.33. The molecule has 0 saturated heterocycles. The Morgan fingerprint density at radius 2 is 1.92 bits per heavy atom. The number of rotatable bonds is 1. The number of nitrogens with zero attached hydrogens (tertiary/aromatic N) is 1. The molecule has 0 unspecified atom stereocenters. The molecule has 13 heavy (non-hydrogen) atoms. The monoisotopic (exact) mass is 243 g/mol. The van der Waals surface area contributed by atoms with E-state index in [0.717, 1.165) is 11.9 Å². The molecule has 0 bridgehead atoms. The molecule has 0 amide bonds. The fraction of sp³-hybridized carbons (Fsp3) is 0.273. The van der Waals surface area contributed by atoms with E-state index in [1.165, 1.54) is 16.6 Å². The first-order chi connectivity index (χ1) is 5.83. The van der Waals surface area contributed by atoms with Crippen molar-refractivity contribution in [3.63, 3.8) is 0 Å². The van der Waals surface area contributed by atoms with Crippen molar-refractivity contribution < 1.29 is 58.2 Å². The normalized spacial score (nSPS) is 10.0. The summed E-state index contributed by atoms with van der Waals surface area (Å²) in [5.74, 6) is 0. The Labute approximate surface area is 128 Å². The van der Waals surface area contributed by atoms with Gasteiger partial charge in [0.1, 0.15) is 0 Å². The minimum Gasteiger partial charge on any atom is -0.661 e. The molecule has 2 heteroatoms. The maximum absolute atomic E-state index is 4.53. The smallest absolute Gasteiger partial charge is 0.661 e. The summed E-state index contributed by atoms with van der Waals surface area (Å²) >= 11 is 0. The molecule has 1 aromatic heterocycles. The molecular formula is C11H12NRb. The quantitative estimate of drug-likeness (QED) is 0.669. The van der Waals surface area contributed by atoms with Crippen molar-refractivity contribution in [2.75, 3.05) is 0 Å². The Hall–Kier alpha value is 0.565. The van der Waals surface area contributed by atoms with Crippen LogP contribution < -0.4 is 63.2 Å². The van der Waals surface area contributed by atoms with E-state index in [1.807, 2.05) is 6.07 Å². The van der Waals surface area contributed by atoms with Crippen LogP contribution in [-0.2, 0) is 6.42 Å². The molecule has 0 fully saturated rings. The number of benzene rings is 1. The molecule has 0 saturated carbocycles. The largest absolute Gasteiger partial charge is 1.00 e. The van der Waals surface area contributed by atoms with Crippen LogP contribution in [0, 0.1) is 6.92 Å². The van der Waals surface area contributed by atoms with Crippen molar-refractivity contribution in [3.8, 4) is 0 Å². The topological polar surface area (TPSA) is 14.1 Å². The van der Waals surface area contributed by atoms with Crippen LogP contribution in [0.4, 0.5) is 0 Å². The Kier molecular flexibility index (Phi) is 4.37. The number of fused-ring (bicyclic) bond motifs is 1. The standard InChI is InChI=1S/C11H12N.Rb/c1-3-10-8(2)9-6-4-5-7-11(9)12-10;/h4-7H,3H2,1-2H3;/q-1;+1. The summed E-state index contributed by atoms with van der Waals surface area (Å²) in [5.41, 5.74) is 3.70. The molecule has 1 nitrogen and oxygen atoms in total. The molecule has 1 heterocycles. The van der Waals surface area contributed by atoms with Crippen molar-refractivity contribution in [2.45, 2.75) is 20.3 Å². The van der Waals surface area contributed by atoms with Crippen molar-refractivity contribution >= 4 is 10.9 Å². The van der Waals surface area contributed by atoms with Gasteiger partial charge >= 0.3 is 58.2 Å². The second kappa shape index (κ2) is 4.88. The predicted octanol–water partition coefficient (Wildman–Crippen LogP) is -0.328. The third-order valence-electron chi connectivity index (χ3n) is 2.33. The van der Waals surface area contributed by atoms with Crippen LogP contribution in [0.15, 0.2) is 24.3 Å². The fourth-order valence-electron chi connectivity index (χ4n) is 1.62. The zero-order chi connectivity index (χ0) is 8.55. The Balaban J connectivity index is 0.000000845. The van der Waals surface area contributed by atoms with Crippen LogP contribution >= 0.6 is 0 Å². The minimum absolute atomic E-state index is 0. The van der Waals surface area contributed by atoms with E-state index >= 15 is 0 Å². The minimum atomic E-state index is 0. The van der Waals surface area contributed by atoms with Gasteiger partial charge in [0.05, 0.1) is 0 Å². The van der Waals surface area contributed by atoms with Gasteiger partial charge in [-0.3, -0.25) is 0 Å². The summed E-state index contributed by atoms with van der Waals surface area (Å²) in [4.78, 5) is 4.53. The molecule has 0 aliphatic rings. The van der Waals surface area contributed by atoms with Gasteiger partial charge in [-0.05, 0) is 12.3 Å².